The van der Waals surface area contributed by atoms with Crippen LogP contribution in [0.4, 0.5) is 0 Å². The van der Waals surface area contributed by atoms with Crippen LogP contribution in [0.3, 0.4) is 0 Å². The Morgan fingerprint density at radius 1 is 0.500 bits per heavy atom. The zero-order chi connectivity index (χ0) is 0. The summed E-state index contributed by atoms with van der Waals surface area (Å²) in [7, 11) is 0. The first-order valence-corrected chi connectivity index (χ1v) is 0. The van der Waals surface area contributed by atoms with Gasteiger partial charge in [0, 0.05) is 31.1 Å². The molecular formula is Cl4PuU. The van der Waals surface area contributed by atoms with Crippen LogP contribution in [0.1, 0.15) is 0 Å². The molecule has 0 atom stereocenters. The Labute approximate surface area is 108 Å². The molecule has 0 aromatic rings. The molecule has 0 unspecified atom stereocenters. The predicted molar refractivity (Wildman–Crippen MR) is 0 cm³/mol. The molecule has 0 amide bonds. The SMILES string of the molecule is [Cl-].[Cl-].[Cl-].[Cl-].[Pu+4].[U]. The van der Waals surface area contributed by atoms with Gasteiger partial charge in [-0.3, -0.25) is 0 Å². The molecule has 0 spiro atoms. The third-order valence-electron chi connectivity index (χ3n) is 0. The van der Waals surface area contributed by atoms with Crippen molar-refractivity contribution in [2.75, 3.05) is 0 Å². The van der Waals surface area contributed by atoms with Crippen molar-refractivity contribution in [3.63, 3.8) is 0 Å². The van der Waals surface area contributed by atoms with Crippen LogP contribution < -0.4 is 49.6 Å². The van der Waals surface area contributed by atoms with Crippen LogP contribution in [0.5, 0.6) is 0 Å². The quantitative estimate of drug-likeness (QED) is 0.252. The van der Waals surface area contributed by atoms with Gasteiger partial charge in [0.1, 0.15) is 0 Å². The summed E-state index contributed by atoms with van der Waals surface area (Å²) in [6.07, 6.45) is 0. The molecule has 0 aliphatic carbocycles. The number of hydrogen-bond acceptors (Lipinski definition) is 0. The normalized spacial score (nSPS) is 0. The molecule has 0 nitrogen and oxygen atoms in total. The van der Waals surface area contributed by atoms with Crippen LogP contribution in [-0.2, 0) is 0 Å². The molecule has 0 N–H and O–H groups in total. The molecule has 0 saturated carbocycles. The Morgan fingerprint density at radius 3 is 0.500 bits per heavy atom. The van der Waals surface area contributed by atoms with E-state index < -0.39 is 0 Å². The van der Waals surface area contributed by atoms with Crippen molar-refractivity contribution >= 4 is 0 Å². The largest absolute Gasteiger partial charge is 4.00 e. The molecule has 0 aliphatic rings. The average Bonchev–Trinajstić information content (AvgIpc) is 0. The van der Waals surface area contributed by atoms with Crippen LogP contribution >= 0.6 is 0 Å². The van der Waals surface area contributed by atoms with Crippen LogP contribution in [0.25, 0.3) is 0 Å². The van der Waals surface area contributed by atoms with E-state index in [1.807, 2.05) is 0 Å². The van der Waals surface area contributed by atoms with Gasteiger partial charge in [-0.15, -0.1) is 0 Å². The van der Waals surface area contributed by atoms with E-state index in [0.717, 1.165) is 0 Å². The summed E-state index contributed by atoms with van der Waals surface area (Å²) in [5, 5.41) is 0. The van der Waals surface area contributed by atoms with Crippen molar-refractivity contribution < 1.29 is 110 Å². The monoisotopic (exact) mass is 616 g/mol. The summed E-state index contributed by atoms with van der Waals surface area (Å²) in [6.45, 7) is 0. The molecule has 0 fully saturated rings. The maximum atomic E-state index is 0. The van der Waals surface area contributed by atoms with Gasteiger partial charge in [-0.05, 0) is 0 Å². The maximum Gasteiger partial charge on any atom is 4.00 e. The molecule has 0 radical (unpaired) electrons. The third kappa shape index (κ3) is 27.0. The zero-order valence-electron chi connectivity index (χ0n) is 2.42. The smallest absolute Gasteiger partial charge is 1.00 e. The molecule has 0 aliphatic heterocycles. The van der Waals surface area contributed by atoms with Crippen LogP contribution in [0.2, 0.25) is 0 Å². The van der Waals surface area contributed by atoms with E-state index in [9.17, 15) is 0 Å². The maximum absolute atomic E-state index is 0. The molecule has 0 rings (SSSR count). The number of hydrogen-bond donors (Lipinski definition) is 0. The minimum atomic E-state index is 0. The number of halogens is 4. The molecule has 0 aromatic heterocycles. The van der Waals surface area contributed by atoms with Crippen molar-refractivity contribution in [1.29, 1.82) is 0 Å². The molecular weight excluding hydrogens is 624 g/mol. The Kier molecular flexibility index (Phi) is 418. The second kappa shape index (κ2) is 41.5. The fraction of sp³-hybridized carbons (Fsp3) is 0. The first-order valence-electron chi connectivity index (χ1n) is 0. The van der Waals surface area contributed by atoms with Crippen molar-refractivity contribution in [3.05, 3.63) is 0 Å². The Morgan fingerprint density at radius 2 is 0.500 bits per heavy atom. The van der Waals surface area contributed by atoms with E-state index >= 15 is 0 Å². The fourth-order valence-electron chi connectivity index (χ4n) is 0. The van der Waals surface area contributed by atoms with Gasteiger partial charge in [0.15, 0.2) is 0 Å². The number of rotatable bonds is 0. The van der Waals surface area contributed by atoms with E-state index in [4.69, 9.17) is 0 Å². The summed E-state index contributed by atoms with van der Waals surface area (Å²) in [4.78, 5) is 0. The fourth-order valence-corrected chi connectivity index (χ4v) is 0. The van der Waals surface area contributed by atoms with Gasteiger partial charge < -0.3 is 49.6 Å². The topological polar surface area (TPSA) is 0 Å². The van der Waals surface area contributed by atoms with E-state index in [0.29, 0.717) is 0 Å². The standard InChI is InChI=1S/4ClH.Pu.U/h4*1H;;/q;;;;+4;/p-4. The van der Waals surface area contributed by atoms with Crippen LogP contribution in [0, 0.1) is 60.3 Å². The second-order valence-corrected chi connectivity index (χ2v) is 0. The minimum Gasteiger partial charge on any atom is -1.00 e. The van der Waals surface area contributed by atoms with Crippen molar-refractivity contribution in [2.45, 2.75) is 0 Å². The molecule has 6 heteroatoms. The Hall–Kier alpha value is 3.20. The Bertz CT molecular complexity index is 7.51. The van der Waals surface area contributed by atoms with Gasteiger partial charge in [0.05, 0.1) is 0 Å². The van der Waals surface area contributed by atoms with E-state index in [2.05, 4.69) is 0 Å². The summed E-state index contributed by atoms with van der Waals surface area (Å²) < 4.78 is 0. The molecule has 0 heterocycles. The van der Waals surface area contributed by atoms with Gasteiger partial charge in [0.25, 0.3) is 0 Å². The zero-order valence-corrected chi connectivity index (χ0v) is 13.0. The van der Waals surface area contributed by atoms with Crippen molar-refractivity contribution in [1.82, 2.24) is 0 Å². The van der Waals surface area contributed by atoms with Gasteiger partial charge in [0.2, 0.25) is 0 Å². The van der Waals surface area contributed by atoms with E-state index in [-0.39, 0.29) is 110 Å². The minimum absolute atomic E-state index is 0. The van der Waals surface area contributed by atoms with Gasteiger partial charge >= 0.3 is 29.2 Å². The molecule has 0 aromatic carbocycles. The van der Waals surface area contributed by atoms with Crippen LogP contribution in [0.15, 0.2) is 0 Å². The molecule has 6 heavy (non-hydrogen) atoms. The molecule has 0 bridgehead atoms. The third-order valence-corrected chi connectivity index (χ3v) is 0. The van der Waals surface area contributed by atoms with Gasteiger partial charge in [-0.1, -0.05) is 0 Å². The van der Waals surface area contributed by atoms with Crippen molar-refractivity contribution in [3.8, 4) is 0 Å². The predicted octanol–water partition coefficient (Wildman–Crippen LogP) is -12.0. The second-order valence-electron chi connectivity index (χ2n) is 0. The Balaban J connectivity index is 0. The summed E-state index contributed by atoms with van der Waals surface area (Å²) >= 11 is 0. The van der Waals surface area contributed by atoms with E-state index in [1.54, 1.807) is 0 Å². The summed E-state index contributed by atoms with van der Waals surface area (Å²) in [6, 6.07) is 0. The van der Waals surface area contributed by atoms with E-state index in [1.165, 1.54) is 0 Å². The molecule has 0 saturated heterocycles. The average molecular weight is 624 g/mol. The first-order chi connectivity index (χ1) is 0. The van der Waals surface area contributed by atoms with Gasteiger partial charge in [-0.2, -0.15) is 0 Å². The summed E-state index contributed by atoms with van der Waals surface area (Å²) in [5.74, 6) is 0. The summed E-state index contributed by atoms with van der Waals surface area (Å²) in [5.41, 5.74) is 0. The first kappa shape index (κ1) is 60.4. The molecule has 38 valence electrons. The van der Waals surface area contributed by atoms with Crippen LogP contribution in [-0.4, -0.2) is 0 Å². The van der Waals surface area contributed by atoms with Crippen molar-refractivity contribution in [2.24, 2.45) is 0 Å². The van der Waals surface area contributed by atoms with Gasteiger partial charge in [-0.25, -0.2) is 0 Å².